The van der Waals surface area contributed by atoms with Crippen molar-refractivity contribution in [3.8, 4) is 5.75 Å². The molecule has 0 aromatic carbocycles. The van der Waals surface area contributed by atoms with Gasteiger partial charge in [0, 0.05) is 33.9 Å². The van der Waals surface area contributed by atoms with Crippen LogP contribution >= 0.6 is 24.0 Å². The highest BCUT2D eigenvalue weighted by atomic mass is 127. The zero-order valence-electron chi connectivity index (χ0n) is 15.8. The number of rotatable bonds is 7. The minimum Gasteiger partial charge on any atom is -0.490 e. The predicted octanol–water partition coefficient (Wildman–Crippen LogP) is 1.89. The van der Waals surface area contributed by atoms with Crippen LogP contribution in [0.4, 0.5) is 0 Å². The summed E-state index contributed by atoms with van der Waals surface area (Å²) in [6.45, 7) is 1.73. The topological polar surface area (TPSA) is 78.9 Å². The third-order valence-electron chi connectivity index (χ3n) is 4.54. The second-order valence-corrected chi connectivity index (χ2v) is 6.58. The van der Waals surface area contributed by atoms with Gasteiger partial charge in [-0.3, -0.25) is 14.8 Å². The van der Waals surface area contributed by atoms with Gasteiger partial charge in [0.25, 0.3) is 0 Å². The Kier molecular flexibility index (Phi) is 9.68. The molecule has 0 saturated heterocycles. The monoisotopic (exact) mass is 475 g/mol. The summed E-state index contributed by atoms with van der Waals surface area (Å²) in [4.78, 5) is 22.5. The molecule has 0 unspecified atom stereocenters. The highest BCUT2D eigenvalue weighted by molar-refractivity contribution is 14.0. The van der Waals surface area contributed by atoms with E-state index < -0.39 is 0 Å². The zero-order chi connectivity index (χ0) is 18.1. The summed E-state index contributed by atoms with van der Waals surface area (Å²) in [5, 5.41) is 6.53. The second kappa shape index (κ2) is 11.2. The van der Waals surface area contributed by atoms with Gasteiger partial charge >= 0.3 is 0 Å². The van der Waals surface area contributed by atoms with Crippen LogP contribution in [0.5, 0.6) is 5.75 Å². The van der Waals surface area contributed by atoms with E-state index in [-0.39, 0.29) is 35.3 Å². The van der Waals surface area contributed by atoms with Crippen LogP contribution in [-0.4, -0.2) is 62.6 Å². The number of aliphatic imine (C=N–C) groups is 1. The van der Waals surface area contributed by atoms with Gasteiger partial charge in [0.15, 0.2) is 5.96 Å². The number of aromatic nitrogens is 1. The second-order valence-electron chi connectivity index (χ2n) is 6.58. The minimum atomic E-state index is -0.312. The summed E-state index contributed by atoms with van der Waals surface area (Å²) in [5.74, 6) is 1.63. The maximum absolute atomic E-state index is 12.6. The smallest absolute Gasteiger partial charge is 0.230 e. The van der Waals surface area contributed by atoms with E-state index >= 15 is 0 Å². The van der Waals surface area contributed by atoms with Crippen molar-refractivity contribution in [2.75, 3.05) is 40.8 Å². The molecule has 2 N–H and O–H groups in total. The fourth-order valence-corrected chi connectivity index (χ4v) is 3.24. The maximum Gasteiger partial charge on any atom is 0.230 e. The van der Waals surface area contributed by atoms with Gasteiger partial charge in [0.2, 0.25) is 5.91 Å². The van der Waals surface area contributed by atoms with E-state index in [1.54, 1.807) is 24.3 Å². The van der Waals surface area contributed by atoms with Crippen LogP contribution in [0, 0.1) is 5.41 Å². The molecule has 1 aromatic rings. The molecular formula is C18H30IN5O2. The van der Waals surface area contributed by atoms with Crippen molar-refractivity contribution in [3.05, 3.63) is 24.5 Å². The fourth-order valence-electron chi connectivity index (χ4n) is 3.24. The standard InChI is InChI=1S/C18H29N5O2.HI/c1-19-17(21-11-12-25-15-7-6-10-20-13-15)22-14-18(8-4-5-9-18)16(24)23(2)3;/h6-7,10,13H,4-5,8-9,11-12,14H2,1-3H3,(H2,19,21,22);1H. The molecule has 2 rings (SSSR count). The Morgan fingerprint density at radius 2 is 2.08 bits per heavy atom. The molecule has 7 nitrogen and oxygen atoms in total. The molecule has 26 heavy (non-hydrogen) atoms. The third-order valence-corrected chi connectivity index (χ3v) is 4.54. The quantitative estimate of drug-likeness (QED) is 0.273. The zero-order valence-corrected chi connectivity index (χ0v) is 18.2. The van der Waals surface area contributed by atoms with Crippen molar-refractivity contribution in [2.45, 2.75) is 25.7 Å². The van der Waals surface area contributed by atoms with Crippen molar-refractivity contribution in [2.24, 2.45) is 10.4 Å². The molecule has 1 heterocycles. The molecule has 0 radical (unpaired) electrons. The molecule has 1 amide bonds. The molecule has 1 aliphatic carbocycles. The minimum absolute atomic E-state index is 0. The van der Waals surface area contributed by atoms with Crippen molar-refractivity contribution >= 4 is 35.8 Å². The van der Waals surface area contributed by atoms with E-state index in [9.17, 15) is 4.79 Å². The first-order valence-electron chi connectivity index (χ1n) is 8.76. The number of halogens is 1. The van der Waals surface area contributed by atoms with Crippen LogP contribution in [-0.2, 0) is 4.79 Å². The predicted molar refractivity (Wildman–Crippen MR) is 114 cm³/mol. The van der Waals surface area contributed by atoms with E-state index in [1.807, 2.05) is 26.2 Å². The van der Waals surface area contributed by atoms with E-state index in [0.717, 1.165) is 31.4 Å². The lowest BCUT2D eigenvalue weighted by molar-refractivity contribution is -0.138. The number of carbonyl (C=O) groups is 1. The van der Waals surface area contributed by atoms with Crippen LogP contribution < -0.4 is 15.4 Å². The summed E-state index contributed by atoms with van der Waals surface area (Å²) >= 11 is 0. The highest BCUT2D eigenvalue weighted by Crippen LogP contribution is 2.38. The molecule has 1 saturated carbocycles. The van der Waals surface area contributed by atoms with Gasteiger partial charge in [0.1, 0.15) is 12.4 Å². The summed E-state index contributed by atoms with van der Waals surface area (Å²) in [6.07, 6.45) is 7.46. The van der Waals surface area contributed by atoms with Crippen molar-refractivity contribution in [3.63, 3.8) is 0 Å². The van der Waals surface area contributed by atoms with Crippen LogP contribution in [0.3, 0.4) is 0 Å². The Labute approximate surface area is 173 Å². The van der Waals surface area contributed by atoms with Gasteiger partial charge in [-0.2, -0.15) is 0 Å². The number of hydrogen-bond acceptors (Lipinski definition) is 4. The lowest BCUT2D eigenvalue weighted by Gasteiger charge is -2.31. The number of carbonyl (C=O) groups excluding carboxylic acids is 1. The first-order chi connectivity index (χ1) is 12.1. The van der Waals surface area contributed by atoms with Gasteiger partial charge in [-0.1, -0.05) is 12.8 Å². The van der Waals surface area contributed by atoms with Gasteiger partial charge in [-0.15, -0.1) is 24.0 Å². The summed E-state index contributed by atoms with van der Waals surface area (Å²) in [5.41, 5.74) is -0.312. The number of ether oxygens (including phenoxy) is 1. The Bertz CT molecular complexity index is 574. The Hall–Kier alpha value is -1.58. The molecule has 0 atom stereocenters. The highest BCUT2D eigenvalue weighted by Gasteiger charge is 2.42. The van der Waals surface area contributed by atoms with Crippen LogP contribution in [0.1, 0.15) is 25.7 Å². The normalized spacial score (nSPS) is 15.7. The average Bonchev–Trinajstić information content (AvgIpc) is 3.11. The number of amides is 1. The van der Waals surface area contributed by atoms with E-state index in [2.05, 4.69) is 20.6 Å². The third kappa shape index (κ3) is 6.30. The molecule has 1 aliphatic rings. The van der Waals surface area contributed by atoms with Crippen molar-refractivity contribution < 1.29 is 9.53 Å². The van der Waals surface area contributed by atoms with Gasteiger partial charge in [0.05, 0.1) is 18.2 Å². The SMILES string of the molecule is CN=C(NCCOc1cccnc1)NCC1(C(=O)N(C)C)CCCC1.I. The summed E-state index contributed by atoms with van der Waals surface area (Å²) in [6, 6.07) is 3.71. The van der Waals surface area contributed by atoms with Gasteiger partial charge in [-0.25, -0.2) is 0 Å². The summed E-state index contributed by atoms with van der Waals surface area (Å²) in [7, 11) is 5.38. The van der Waals surface area contributed by atoms with Crippen molar-refractivity contribution in [1.82, 2.24) is 20.5 Å². The number of pyridine rings is 1. The number of hydrogen-bond donors (Lipinski definition) is 2. The molecule has 146 valence electrons. The van der Waals surface area contributed by atoms with E-state index in [4.69, 9.17) is 4.74 Å². The first-order valence-corrected chi connectivity index (χ1v) is 8.76. The number of guanidine groups is 1. The van der Waals surface area contributed by atoms with Crippen LogP contribution in [0.2, 0.25) is 0 Å². The Balaban J connectivity index is 0.00000338. The molecular weight excluding hydrogens is 445 g/mol. The fraction of sp³-hybridized carbons (Fsp3) is 0.611. The number of nitrogens with one attached hydrogen (secondary N) is 2. The van der Waals surface area contributed by atoms with Crippen LogP contribution in [0.25, 0.3) is 0 Å². The Morgan fingerprint density at radius 1 is 1.35 bits per heavy atom. The molecule has 0 bridgehead atoms. The molecule has 1 aromatic heterocycles. The summed E-state index contributed by atoms with van der Waals surface area (Å²) < 4.78 is 5.60. The first kappa shape index (κ1) is 22.5. The van der Waals surface area contributed by atoms with E-state index in [1.165, 1.54) is 0 Å². The van der Waals surface area contributed by atoms with Gasteiger partial charge < -0.3 is 20.3 Å². The van der Waals surface area contributed by atoms with Crippen LogP contribution in [0.15, 0.2) is 29.5 Å². The number of nitrogens with zero attached hydrogens (tertiary/aromatic N) is 3. The lowest BCUT2D eigenvalue weighted by Crippen LogP contribution is -2.49. The van der Waals surface area contributed by atoms with E-state index in [0.29, 0.717) is 25.7 Å². The Morgan fingerprint density at radius 3 is 2.65 bits per heavy atom. The van der Waals surface area contributed by atoms with Crippen molar-refractivity contribution in [1.29, 1.82) is 0 Å². The molecule has 0 aliphatic heterocycles. The molecule has 0 spiro atoms. The molecule has 1 fully saturated rings. The lowest BCUT2D eigenvalue weighted by atomic mass is 9.84. The average molecular weight is 475 g/mol. The largest absolute Gasteiger partial charge is 0.490 e. The molecule has 8 heteroatoms. The maximum atomic E-state index is 12.6. The van der Waals surface area contributed by atoms with Gasteiger partial charge in [-0.05, 0) is 25.0 Å².